The molecule has 1 rings (SSSR count). The maximum absolute atomic E-state index is 5.70. The van der Waals surface area contributed by atoms with Crippen LogP contribution in [0.15, 0.2) is 24.3 Å². The number of nitrogen functional groups attached to an aromatic ring is 1. The lowest BCUT2D eigenvalue weighted by atomic mass is 10.2. The Morgan fingerprint density at radius 1 is 1.33 bits per heavy atom. The third-order valence-electron chi connectivity index (χ3n) is 2.82. The van der Waals surface area contributed by atoms with Crippen molar-refractivity contribution in [3.63, 3.8) is 0 Å². The molecule has 3 heteroatoms. The summed E-state index contributed by atoms with van der Waals surface area (Å²) >= 11 is 0. The van der Waals surface area contributed by atoms with Gasteiger partial charge in [-0.1, -0.05) is 26.8 Å². The van der Waals surface area contributed by atoms with Gasteiger partial charge in [0, 0.05) is 24.8 Å². The molecule has 0 aromatic heterocycles. The Balaban J connectivity index is 2.21. The smallest absolute Gasteiger partial charge is 0.121 e. The number of hydrogen-bond acceptors (Lipinski definition) is 3. The van der Waals surface area contributed by atoms with Crippen molar-refractivity contribution in [1.82, 2.24) is 4.90 Å². The average Bonchev–Trinajstić information content (AvgIpc) is 2.32. The van der Waals surface area contributed by atoms with Crippen molar-refractivity contribution in [2.75, 3.05) is 32.0 Å². The van der Waals surface area contributed by atoms with Crippen LogP contribution in [0.4, 0.5) is 5.69 Å². The third kappa shape index (κ3) is 5.92. The van der Waals surface area contributed by atoms with Gasteiger partial charge in [0.1, 0.15) is 5.75 Å². The van der Waals surface area contributed by atoms with Gasteiger partial charge in [0.15, 0.2) is 0 Å². The van der Waals surface area contributed by atoms with Crippen LogP contribution >= 0.6 is 0 Å². The number of hydrogen-bond donors (Lipinski definition) is 1. The Bertz CT molecular complexity index is 339. The highest BCUT2D eigenvalue weighted by Gasteiger charge is 2.04. The number of benzene rings is 1. The number of ether oxygens (including phenoxy) is 1. The molecule has 0 aliphatic carbocycles. The van der Waals surface area contributed by atoms with E-state index in [0.29, 0.717) is 0 Å². The van der Waals surface area contributed by atoms with Crippen LogP contribution in [-0.4, -0.2) is 31.1 Å². The topological polar surface area (TPSA) is 38.5 Å². The zero-order valence-corrected chi connectivity index (χ0v) is 11.9. The first-order chi connectivity index (χ1) is 8.61. The minimum absolute atomic E-state index is 0.722. The summed E-state index contributed by atoms with van der Waals surface area (Å²) in [4.78, 5) is 2.47. The predicted octanol–water partition coefficient (Wildman–Crippen LogP) is 3.02. The lowest BCUT2D eigenvalue weighted by molar-refractivity contribution is 0.224. The van der Waals surface area contributed by atoms with E-state index in [-0.39, 0.29) is 0 Å². The molecule has 0 atom stereocenters. The highest BCUT2D eigenvalue weighted by molar-refractivity contribution is 5.43. The van der Waals surface area contributed by atoms with Crippen LogP contribution in [0.3, 0.4) is 0 Å². The van der Waals surface area contributed by atoms with Crippen molar-refractivity contribution in [2.24, 2.45) is 5.92 Å². The highest BCUT2D eigenvalue weighted by Crippen LogP contribution is 2.14. The Labute approximate surface area is 111 Å². The first-order valence-electron chi connectivity index (χ1n) is 6.82. The maximum atomic E-state index is 5.70. The standard InChI is InChI=1S/C15H26N2O/c1-4-17(12-13(2)3)9-6-10-18-15-8-5-7-14(16)11-15/h5,7-8,11,13H,4,6,9-10,12,16H2,1-3H3. The van der Waals surface area contributed by atoms with Gasteiger partial charge < -0.3 is 15.4 Å². The minimum Gasteiger partial charge on any atom is -0.493 e. The van der Waals surface area contributed by atoms with Gasteiger partial charge in [0.2, 0.25) is 0 Å². The van der Waals surface area contributed by atoms with Crippen LogP contribution in [-0.2, 0) is 0 Å². The van der Waals surface area contributed by atoms with Crippen LogP contribution in [0.25, 0.3) is 0 Å². The molecule has 0 saturated heterocycles. The molecule has 0 amide bonds. The Kier molecular flexibility index (Phi) is 6.58. The maximum Gasteiger partial charge on any atom is 0.121 e. The average molecular weight is 250 g/mol. The van der Waals surface area contributed by atoms with E-state index in [0.717, 1.165) is 50.0 Å². The van der Waals surface area contributed by atoms with E-state index in [1.54, 1.807) is 0 Å². The monoisotopic (exact) mass is 250 g/mol. The van der Waals surface area contributed by atoms with Crippen molar-refractivity contribution in [3.05, 3.63) is 24.3 Å². The van der Waals surface area contributed by atoms with Crippen molar-refractivity contribution in [1.29, 1.82) is 0 Å². The molecule has 1 aromatic rings. The summed E-state index contributed by atoms with van der Waals surface area (Å²) < 4.78 is 5.68. The van der Waals surface area contributed by atoms with Crippen LogP contribution in [0, 0.1) is 5.92 Å². The van der Waals surface area contributed by atoms with E-state index >= 15 is 0 Å². The van der Waals surface area contributed by atoms with Gasteiger partial charge in [0.25, 0.3) is 0 Å². The molecule has 0 radical (unpaired) electrons. The molecule has 1 aromatic carbocycles. The van der Waals surface area contributed by atoms with E-state index in [4.69, 9.17) is 10.5 Å². The summed E-state index contributed by atoms with van der Waals surface area (Å²) in [6, 6.07) is 7.60. The fraction of sp³-hybridized carbons (Fsp3) is 0.600. The SMILES string of the molecule is CCN(CCCOc1cccc(N)c1)CC(C)C. The molecular weight excluding hydrogens is 224 g/mol. The van der Waals surface area contributed by atoms with Gasteiger partial charge in [-0.3, -0.25) is 0 Å². The molecule has 2 N–H and O–H groups in total. The van der Waals surface area contributed by atoms with Crippen LogP contribution in [0.5, 0.6) is 5.75 Å². The second-order valence-corrected chi connectivity index (χ2v) is 5.06. The largest absolute Gasteiger partial charge is 0.493 e. The summed E-state index contributed by atoms with van der Waals surface area (Å²) in [5.74, 6) is 1.58. The molecule has 102 valence electrons. The second-order valence-electron chi connectivity index (χ2n) is 5.06. The molecule has 18 heavy (non-hydrogen) atoms. The Morgan fingerprint density at radius 2 is 2.11 bits per heavy atom. The first kappa shape index (κ1) is 14.8. The molecule has 0 unspecified atom stereocenters. The highest BCUT2D eigenvalue weighted by atomic mass is 16.5. The van der Waals surface area contributed by atoms with Crippen molar-refractivity contribution in [2.45, 2.75) is 27.2 Å². The van der Waals surface area contributed by atoms with E-state index in [1.807, 2.05) is 24.3 Å². The summed E-state index contributed by atoms with van der Waals surface area (Å²) in [6.45, 7) is 10.8. The van der Waals surface area contributed by atoms with E-state index < -0.39 is 0 Å². The fourth-order valence-corrected chi connectivity index (χ4v) is 1.98. The molecular formula is C15H26N2O. The van der Waals surface area contributed by atoms with Gasteiger partial charge >= 0.3 is 0 Å². The number of nitrogens with two attached hydrogens (primary N) is 1. The lowest BCUT2D eigenvalue weighted by Crippen LogP contribution is -2.29. The van der Waals surface area contributed by atoms with Crippen LogP contribution in [0.2, 0.25) is 0 Å². The number of anilines is 1. The summed E-state index contributed by atoms with van der Waals surface area (Å²) in [7, 11) is 0. The first-order valence-corrected chi connectivity index (χ1v) is 6.82. The van der Waals surface area contributed by atoms with Gasteiger partial charge in [-0.25, -0.2) is 0 Å². The fourth-order valence-electron chi connectivity index (χ4n) is 1.98. The van der Waals surface area contributed by atoms with Crippen molar-refractivity contribution < 1.29 is 4.74 Å². The summed E-state index contributed by atoms with van der Waals surface area (Å²) in [5.41, 5.74) is 6.45. The number of rotatable bonds is 8. The number of nitrogens with zero attached hydrogens (tertiary/aromatic N) is 1. The van der Waals surface area contributed by atoms with Crippen molar-refractivity contribution in [3.8, 4) is 5.75 Å². The molecule has 0 saturated carbocycles. The molecule has 0 heterocycles. The van der Waals surface area contributed by atoms with Crippen molar-refractivity contribution >= 4 is 5.69 Å². The molecule has 0 fully saturated rings. The summed E-state index contributed by atoms with van der Waals surface area (Å²) in [5, 5.41) is 0. The van der Waals surface area contributed by atoms with Gasteiger partial charge in [-0.05, 0) is 31.0 Å². The Hall–Kier alpha value is -1.22. The van der Waals surface area contributed by atoms with Crippen LogP contribution < -0.4 is 10.5 Å². The molecule has 3 nitrogen and oxygen atoms in total. The lowest BCUT2D eigenvalue weighted by Gasteiger charge is -2.22. The Morgan fingerprint density at radius 3 is 2.72 bits per heavy atom. The predicted molar refractivity (Wildman–Crippen MR) is 77.9 cm³/mol. The van der Waals surface area contributed by atoms with E-state index in [2.05, 4.69) is 25.7 Å². The van der Waals surface area contributed by atoms with Gasteiger partial charge in [-0.2, -0.15) is 0 Å². The normalized spacial score (nSPS) is 11.2. The second kappa shape index (κ2) is 7.98. The van der Waals surface area contributed by atoms with Gasteiger partial charge in [-0.15, -0.1) is 0 Å². The molecule has 0 spiro atoms. The zero-order valence-electron chi connectivity index (χ0n) is 11.9. The van der Waals surface area contributed by atoms with E-state index in [1.165, 1.54) is 0 Å². The van der Waals surface area contributed by atoms with Gasteiger partial charge in [0.05, 0.1) is 6.61 Å². The quantitative estimate of drug-likeness (QED) is 0.569. The molecule has 0 aliphatic heterocycles. The third-order valence-corrected chi connectivity index (χ3v) is 2.82. The summed E-state index contributed by atoms with van der Waals surface area (Å²) in [6.07, 6.45) is 1.05. The van der Waals surface area contributed by atoms with Crippen LogP contribution in [0.1, 0.15) is 27.2 Å². The minimum atomic E-state index is 0.722. The van der Waals surface area contributed by atoms with E-state index in [9.17, 15) is 0 Å². The molecule has 0 aliphatic rings. The zero-order chi connectivity index (χ0) is 13.4. The molecule has 0 bridgehead atoms.